The van der Waals surface area contributed by atoms with E-state index in [0.29, 0.717) is 52.2 Å². The standard InChI is InChI=1S/C24H31N3O5S/c1-31-23-5-3-2-4-22(23)25-12-14-26(15-13-25)24(28)11-8-20-6-9-21(10-7-20)33(29,30)27-16-18-32-19-17-27/h2-7,9-10H,8,11-19H2,1H3. The number of ether oxygens (including phenoxy) is 2. The van der Waals surface area contributed by atoms with Gasteiger partial charge >= 0.3 is 0 Å². The fourth-order valence-electron chi connectivity index (χ4n) is 4.26. The predicted molar refractivity (Wildman–Crippen MR) is 126 cm³/mol. The summed E-state index contributed by atoms with van der Waals surface area (Å²) in [5.74, 6) is 0.969. The van der Waals surface area contributed by atoms with E-state index in [9.17, 15) is 13.2 Å². The molecule has 2 saturated heterocycles. The zero-order valence-corrected chi connectivity index (χ0v) is 19.8. The largest absolute Gasteiger partial charge is 0.495 e. The molecule has 33 heavy (non-hydrogen) atoms. The first-order chi connectivity index (χ1) is 16.0. The lowest BCUT2D eigenvalue weighted by Gasteiger charge is -2.36. The van der Waals surface area contributed by atoms with Crippen molar-refractivity contribution in [2.24, 2.45) is 0 Å². The van der Waals surface area contributed by atoms with Gasteiger partial charge in [0.1, 0.15) is 5.75 Å². The van der Waals surface area contributed by atoms with Gasteiger partial charge in [-0.15, -0.1) is 0 Å². The molecule has 2 aromatic carbocycles. The molecule has 2 fully saturated rings. The van der Waals surface area contributed by atoms with Crippen LogP contribution >= 0.6 is 0 Å². The van der Waals surface area contributed by atoms with Gasteiger partial charge in [0.05, 0.1) is 30.9 Å². The molecule has 0 N–H and O–H groups in total. The molecule has 0 unspecified atom stereocenters. The first-order valence-corrected chi connectivity index (χ1v) is 12.8. The Morgan fingerprint density at radius 2 is 1.61 bits per heavy atom. The maximum Gasteiger partial charge on any atom is 0.243 e. The molecule has 2 aliphatic rings. The molecule has 2 heterocycles. The summed E-state index contributed by atoms with van der Waals surface area (Å²) in [5, 5.41) is 0. The van der Waals surface area contributed by atoms with Gasteiger partial charge in [0.25, 0.3) is 0 Å². The number of amides is 1. The second-order valence-electron chi connectivity index (χ2n) is 8.20. The molecule has 0 spiro atoms. The molecule has 8 nitrogen and oxygen atoms in total. The van der Waals surface area contributed by atoms with E-state index < -0.39 is 10.0 Å². The number of sulfonamides is 1. The van der Waals surface area contributed by atoms with Crippen LogP contribution in [0.2, 0.25) is 0 Å². The van der Waals surface area contributed by atoms with E-state index >= 15 is 0 Å². The van der Waals surface area contributed by atoms with Crippen LogP contribution in [0.4, 0.5) is 5.69 Å². The smallest absolute Gasteiger partial charge is 0.243 e. The van der Waals surface area contributed by atoms with Gasteiger partial charge in [0.15, 0.2) is 0 Å². The number of methoxy groups -OCH3 is 1. The maximum atomic E-state index is 12.7. The van der Waals surface area contributed by atoms with E-state index in [1.165, 1.54) is 4.31 Å². The number of para-hydroxylation sites is 2. The normalized spacial score (nSPS) is 17.7. The number of hydrogen-bond acceptors (Lipinski definition) is 6. The summed E-state index contributed by atoms with van der Waals surface area (Å²) in [7, 11) is -1.83. The van der Waals surface area contributed by atoms with Crippen LogP contribution in [0.5, 0.6) is 5.75 Å². The van der Waals surface area contributed by atoms with Crippen LogP contribution in [-0.4, -0.2) is 83.1 Å². The Morgan fingerprint density at radius 1 is 0.939 bits per heavy atom. The van der Waals surface area contributed by atoms with Crippen molar-refractivity contribution in [3.05, 3.63) is 54.1 Å². The topological polar surface area (TPSA) is 79.4 Å². The van der Waals surface area contributed by atoms with Gasteiger partial charge < -0.3 is 19.3 Å². The Bertz CT molecular complexity index is 1040. The van der Waals surface area contributed by atoms with Crippen molar-refractivity contribution < 1.29 is 22.7 Å². The van der Waals surface area contributed by atoms with Gasteiger partial charge in [-0.05, 0) is 36.2 Å². The van der Waals surface area contributed by atoms with Crippen molar-refractivity contribution in [3.8, 4) is 5.75 Å². The van der Waals surface area contributed by atoms with Crippen molar-refractivity contribution in [2.45, 2.75) is 17.7 Å². The molecule has 4 rings (SSSR count). The van der Waals surface area contributed by atoms with E-state index in [2.05, 4.69) is 4.90 Å². The molecule has 0 aromatic heterocycles. The van der Waals surface area contributed by atoms with Crippen molar-refractivity contribution in [3.63, 3.8) is 0 Å². The summed E-state index contributed by atoms with van der Waals surface area (Å²) in [4.78, 5) is 17.2. The zero-order chi connectivity index (χ0) is 23.3. The van der Waals surface area contributed by atoms with Crippen LogP contribution in [0.1, 0.15) is 12.0 Å². The van der Waals surface area contributed by atoms with E-state index in [1.54, 1.807) is 31.4 Å². The number of benzene rings is 2. The number of carbonyl (C=O) groups excluding carboxylic acids is 1. The van der Waals surface area contributed by atoms with Crippen LogP contribution in [0, 0.1) is 0 Å². The molecule has 2 aliphatic heterocycles. The molecular formula is C24H31N3O5S. The molecule has 0 atom stereocenters. The van der Waals surface area contributed by atoms with Crippen molar-refractivity contribution in [2.75, 3.05) is 64.5 Å². The maximum absolute atomic E-state index is 12.7. The molecular weight excluding hydrogens is 442 g/mol. The summed E-state index contributed by atoms with van der Waals surface area (Å²) < 4.78 is 37.6. The molecule has 1 amide bonds. The van der Waals surface area contributed by atoms with E-state index in [1.807, 2.05) is 29.2 Å². The van der Waals surface area contributed by atoms with Gasteiger partial charge in [-0.1, -0.05) is 24.3 Å². The first kappa shape index (κ1) is 23.5. The lowest BCUT2D eigenvalue weighted by molar-refractivity contribution is -0.131. The third-order valence-electron chi connectivity index (χ3n) is 6.22. The minimum Gasteiger partial charge on any atom is -0.495 e. The fraction of sp³-hybridized carbons (Fsp3) is 0.458. The highest BCUT2D eigenvalue weighted by Gasteiger charge is 2.26. The number of hydrogen-bond donors (Lipinski definition) is 0. The highest BCUT2D eigenvalue weighted by atomic mass is 32.2. The van der Waals surface area contributed by atoms with E-state index in [0.717, 1.165) is 30.1 Å². The second kappa shape index (κ2) is 10.5. The lowest BCUT2D eigenvalue weighted by atomic mass is 10.1. The van der Waals surface area contributed by atoms with E-state index in [-0.39, 0.29) is 10.8 Å². The van der Waals surface area contributed by atoms with Crippen LogP contribution in [0.15, 0.2) is 53.4 Å². The Balaban J connectivity index is 1.28. The second-order valence-corrected chi connectivity index (χ2v) is 10.1. The summed E-state index contributed by atoms with van der Waals surface area (Å²) in [5.41, 5.74) is 2.01. The van der Waals surface area contributed by atoms with Crippen LogP contribution in [-0.2, 0) is 26.0 Å². The Hall–Kier alpha value is -2.62. The highest BCUT2D eigenvalue weighted by molar-refractivity contribution is 7.89. The monoisotopic (exact) mass is 473 g/mol. The average Bonchev–Trinajstić information content (AvgIpc) is 2.88. The quantitative estimate of drug-likeness (QED) is 0.612. The highest BCUT2D eigenvalue weighted by Crippen LogP contribution is 2.28. The Labute approximate surface area is 195 Å². The third-order valence-corrected chi connectivity index (χ3v) is 8.13. The van der Waals surface area contributed by atoms with Crippen molar-refractivity contribution in [1.29, 1.82) is 0 Å². The number of piperazine rings is 1. The van der Waals surface area contributed by atoms with Gasteiger partial charge in [-0.25, -0.2) is 8.42 Å². The van der Waals surface area contributed by atoms with Crippen molar-refractivity contribution >= 4 is 21.6 Å². The minimum atomic E-state index is -3.50. The Kier molecular flexibility index (Phi) is 7.52. The SMILES string of the molecule is COc1ccccc1N1CCN(C(=O)CCc2ccc(S(=O)(=O)N3CCOCC3)cc2)CC1. The number of aryl methyl sites for hydroxylation is 1. The van der Waals surface area contributed by atoms with Crippen molar-refractivity contribution in [1.82, 2.24) is 9.21 Å². The lowest BCUT2D eigenvalue weighted by Crippen LogP contribution is -2.48. The van der Waals surface area contributed by atoms with Gasteiger partial charge in [-0.3, -0.25) is 4.79 Å². The summed E-state index contributed by atoms with van der Waals surface area (Å²) in [6.45, 7) is 4.48. The fourth-order valence-corrected chi connectivity index (χ4v) is 5.67. The predicted octanol–water partition coefficient (Wildman–Crippen LogP) is 2.00. The minimum absolute atomic E-state index is 0.125. The van der Waals surface area contributed by atoms with Gasteiger partial charge in [0.2, 0.25) is 15.9 Å². The molecule has 0 aliphatic carbocycles. The summed E-state index contributed by atoms with van der Waals surface area (Å²) >= 11 is 0. The zero-order valence-electron chi connectivity index (χ0n) is 19.0. The van der Waals surface area contributed by atoms with E-state index in [4.69, 9.17) is 9.47 Å². The average molecular weight is 474 g/mol. The van der Waals surface area contributed by atoms with Crippen LogP contribution in [0.3, 0.4) is 0 Å². The van der Waals surface area contributed by atoms with Crippen LogP contribution in [0.25, 0.3) is 0 Å². The number of anilines is 1. The molecule has 178 valence electrons. The number of nitrogens with zero attached hydrogens (tertiary/aromatic N) is 3. The molecule has 2 aromatic rings. The molecule has 0 saturated carbocycles. The molecule has 0 radical (unpaired) electrons. The number of carbonyl (C=O) groups is 1. The number of morpholine rings is 1. The summed E-state index contributed by atoms with van der Waals surface area (Å²) in [6.07, 6.45) is 0.994. The Morgan fingerprint density at radius 3 is 2.27 bits per heavy atom. The molecule has 9 heteroatoms. The third kappa shape index (κ3) is 5.48. The van der Waals surface area contributed by atoms with Gasteiger partial charge in [0, 0.05) is 45.7 Å². The number of rotatable bonds is 7. The molecule has 0 bridgehead atoms. The van der Waals surface area contributed by atoms with Crippen LogP contribution < -0.4 is 9.64 Å². The first-order valence-electron chi connectivity index (χ1n) is 11.3. The van der Waals surface area contributed by atoms with Gasteiger partial charge in [-0.2, -0.15) is 4.31 Å². The summed E-state index contributed by atoms with van der Waals surface area (Å²) in [6, 6.07) is 14.8.